The van der Waals surface area contributed by atoms with Crippen molar-refractivity contribution in [3.63, 3.8) is 0 Å². The topological polar surface area (TPSA) is 155 Å². The third-order valence-corrected chi connectivity index (χ3v) is 12.2. The third-order valence-electron chi connectivity index (χ3n) is 10.2. The number of nitrogens with one attached hydrogen (secondary N) is 1. The Labute approximate surface area is 367 Å². The molecule has 0 bridgehead atoms. The minimum atomic E-state index is -2.37. The number of benzene rings is 4. The van der Waals surface area contributed by atoms with Gasteiger partial charge in [0.1, 0.15) is 35.8 Å². The number of ether oxygens (including phenoxy) is 4. The van der Waals surface area contributed by atoms with E-state index in [0.717, 1.165) is 0 Å². The van der Waals surface area contributed by atoms with E-state index in [-0.39, 0.29) is 42.1 Å². The van der Waals surface area contributed by atoms with Crippen LogP contribution in [0.3, 0.4) is 0 Å². The van der Waals surface area contributed by atoms with E-state index < -0.39 is 51.4 Å². The molecule has 1 aliphatic heterocycles. The normalized spacial score (nSPS) is 20.6. The zero-order chi connectivity index (χ0) is 46.3. The van der Waals surface area contributed by atoms with Crippen LogP contribution in [0.1, 0.15) is 77.9 Å². The van der Waals surface area contributed by atoms with Crippen molar-refractivity contribution in [1.82, 2.24) is 24.2 Å². The highest BCUT2D eigenvalue weighted by Crippen LogP contribution is 2.51. The van der Waals surface area contributed by atoms with Crippen molar-refractivity contribution in [2.24, 2.45) is 0 Å². The number of carbonyl (C=O) groups excluding carboxylic acids is 1. The molecule has 2 aromatic heterocycles. The van der Waals surface area contributed by atoms with Gasteiger partial charge in [-0.25, -0.2) is 19.6 Å². The summed E-state index contributed by atoms with van der Waals surface area (Å²) in [5.41, 5.74) is 1.24. The highest BCUT2D eigenvalue weighted by Gasteiger charge is 2.45. The predicted molar refractivity (Wildman–Crippen MR) is 237 cm³/mol. The zero-order valence-corrected chi connectivity index (χ0v) is 36.3. The van der Waals surface area contributed by atoms with Gasteiger partial charge in [0, 0.05) is 25.4 Å². The summed E-state index contributed by atoms with van der Waals surface area (Å²) in [6, 6.07) is 34.5. The average molecular weight is 861 g/mol. The van der Waals surface area contributed by atoms with E-state index >= 15 is 0 Å². The Bertz CT molecular complexity index is 2500. The molecule has 322 valence electrons. The first-order chi connectivity index (χ1) is 31.4. The summed E-state index contributed by atoms with van der Waals surface area (Å²) in [5, 5.41) is 12.3. The van der Waals surface area contributed by atoms with E-state index in [4.69, 9.17) is 28.0 Å². The van der Waals surface area contributed by atoms with Crippen LogP contribution >= 0.6 is 8.53 Å². The molecule has 0 spiro atoms. The minimum absolute atomic E-state index is 0.000734. The number of fused-ring (bicyclic) bond motifs is 1. The molecule has 6 aromatic rings. The lowest BCUT2D eigenvalue weighted by atomic mass is 9.80. The van der Waals surface area contributed by atoms with Gasteiger partial charge in [0.15, 0.2) is 17.0 Å². The number of aromatic nitrogens is 4. The average Bonchev–Trinajstić information content (AvgIpc) is 3.86. The van der Waals surface area contributed by atoms with Gasteiger partial charge in [-0.3, -0.25) is 9.36 Å². The van der Waals surface area contributed by atoms with Gasteiger partial charge in [-0.1, -0.05) is 72.8 Å². The summed E-state index contributed by atoms with van der Waals surface area (Å²) in [5.74, 6) is 0.923. The molecular formula is C47H52N7O7P. The largest absolute Gasteiger partial charge is 0.497 e. The van der Waals surface area contributed by atoms with Gasteiger partial charge in [0.2, 0.25) is 0 Å². The zero-order valence-electron chi connectivity index (χ0n) is 38.4. The van der Waals surface area contributed by atoms with Crippen molar-refractivity contribution in [2.45, 2.75) is 76.6 Å². The van der Waals surface area contributed by atoms with E-state index in [1.54, 1.807) is 68.8 Å². The summed E-state index contributed by atoms with van der Waals surface area (Å²) in [6.07, 6.45) is -4.17. The standard InChI is InChI=1S/C47H52N7O7P/c1-32(2)54(33(3)4)62(59-27-13-26-48)61-40-28-42(53-31-51-43-44(49-30-50-45(43)53)52-46(55)34-14-9-7-10-15-34)60-41(40)29-58-47(35-16-11-8-12-17-35,36-18-22-38(56-5)23-19-36)37-20-24-39(57-6)25-21-37/h7-12,14-25,30-33,40-42H,13,27-29H2,1-6H3,(H,49,50,52,55)/t40-,41+,42+,62?/m0/s1/i28D,29D,40D/t28-,29?,40+,41-,42-,62?/m1. The predicted octanol–water partition coefficient (Wildman–Crippen LogP) is 9.05. The molecule has 15 heteroatoms. The van der Waals surface area contributed by atoms with E-state index in [2.05, 4.69) is 26.3 Å². The second-order valence-corrected chi connectivity index (χ2v) is 16.2. The van der Waals surface area contributed by atoms with Crippen molar-refractivity contribution < 1.29 is 36.9 Å². The highest BCUT2D eigenvalue weighted by molar-refractivity contribution is 7.44. The maximum absolute atomic E-state index is 13.2. The quantitative estimate of drug-likeness (QED) is 0.0469. The number of hydrogen-bond donors (Lipinski definition) is 1. The smallest absolute Gasteiger partial charge is 0.259 e. The molecule has 6 atom stereocenters. The van der Waals surface area contributed by atoms with Crippen molar-refractivity contribution in [2.75, 3.05) is 32.7 Å². The molecule has 1 amide bonds. The lowest BCUT2D eigenvalue weighted by Crippen LogP contribution is -2.39. The number of hydrogen-bond acceptors (Lipinski definition) is 12. The van der Waals surface area contributed by atoms with Crippen molar-refractivity contribution in [3.8, 4) is 17.6 Å². The van der Waals surface area contributed by atoms with Gasteiger partial charge >= 0.3 is 0 Å². The summed E-state index contributed by atoms with van der Waals surface area (Å²) in [4.78, 5) is 26.6. The Balaban J connectivity index is 1.36. The van der Waals surface area contributed by atoms with Crippen LogP contribution in [0, 0.1) is 11.3 Å². The Morgan fingerprint density at radius 3 is 2.11 bits per heavy atom. The van der Waals surface area contributed by atoms with E-state index in [1.165, 1.54) is 17.2 Å². The fourth-order valence-corrected chi connectivity index (χ4v) is 8.91. The molecule has 4 aromatic carbocycles. The maximum Gasteiger partial charge on any atom is 0.259 e. The fraction of sp³-hybridized carbons (Fsp3) is 0.340. The first kappa shape index (κ1) is 40.3. The number of nitrogens with zero attached hydrogens (tertiary/aromatic N) is 6. The van der Waals surface area contributed by atoms with Crippen LogP contribution < -0.4 is 14.8 Å². The van der Waals surface area contributed by atoms with E-state index in [0.29, 0.717) is 33.8 Å². The van der Waals surface area contributed by atoms with E-state index in [9.17, 15) is 14.2 Å². The van der Waals surface area contributed by atoms with Gasteiger partial charge in [0.05, 0.1) is 55.0 Å². The monoisotopic (exact) mass is 860 g/mol. The van der Waals surface area contributed by atoms with Crippen LogP contribution in [0.4, 0.5) is 5.82 Å². The Morgan fingerprint density at radius 1 is 0.935 bits per heavy atom. The number of amides is 1. The van der Waals surface area contributed by atoms with Crippen molar-refractivity contribution >= 4 is 31.4 Å². The molecule has 0 aliphatic carbocycles. The molecule has 0 radical (unpaired) electrons. The third kappa shape index (κ3) is 9.64. The van der Waals surface area contributed by atoms with Gasteiger partial charge < -0.3 is 33.3 Å². The number of methoxy groups -OCH3 is 2. The van der Waals surface area contributed by atoms with E-state index in [1.807, 2.05) is 87.0 Å². The van der Waals surface area contributed by atoms with Crippen LogP contribution in [0.2, 0.25) is 0 Å². The molecule has 3 heterocycles. The lowest BCUT2D eigenvalue weighted by molar-refractivity contribution is -0.0912. The van der Waals surface area contributed by atoms with Crippen LogP contribution in [-0.4, -0.2) is 81.8 Å². The van der Waals surface area contributed by atoms with Crippen LogP contribution in [-0.2, 0) is 24.1 Å². The van der Waals surface area contributed by atoms with Gasteiger partial charge in [-0.2, -0.15) is 5.26 Å². The fourth-order valence-electron chi connectivity index (χ4n) is 7.28. The van der Waals surface area contributed by atoms with Crippen LogP contribution in [0.5, 0.6) is 11.5 Å². The summed E-state index contributed by atoms with van der Waals surface area (Å²) < 4.78 is 71.7. The Kier molecular flexibility index (Phi) is 13.3. The number of nitriles is 1. The van der Waals surface area contributed by atoms with Gasteiger partial charge in [-0.15, -0.1) is 0 Å². The molecule has 7 rings (SSSR count). The molecule has 14 nitrogen and oxygen atoms in total. The summed E-state index contributed by atoms with van der Waals surface area (Å²) in [6.45, 7) is 6.12. The number of carbonyl (C=O) groups is 1. The van der Waals surface area contributed by atoms with Gasteiger partial charge in [0.25, 0.3) is 14.4 Å². The first-order valence-electron chi connectivity index (χ1n) is 21.8. The lowest BCUT2D eigenvalue weighted by Gasteiger charge is -2.39. The molecule has 1 saturated heterocycles. The summed E-state index contributed by atoms with van der Waals surface area (Å²) >= 11 is 0. The minimum Gasteiger partial charge on any atom is -0.497 e. The van der Waals surface area contributed by atoms with Crippen LogP contribution in [0.15, 0.2) is 122 Å². The molecule has 1 fully saturated rings. The molecular weight excluding hydrogens is 806 g/mol. The number of rotatable bonds is 19. The number of imidazole rings is 1. The molecule has 1 aliphatic rings. The van der Waals surface area contributed by atoms with Crippen molar-refractivity contribution in [1.29, 1.82) is 5.26 Å². The van der Waals surface area contributed by atoms with Crippen LogP contribution in [0.25, 0.3) is 11.2 Å². The van der Waals surface area contributed by atoms with Gasteiger partial charge in [-0.05, 0) is 80.8 Å². The first-order valence-corrected chi connectivity index (χ1v) is 21.3. The summed E-state index contributed by atoms with van der Waals surface area (Å²) in [7, 11) is 1.01. The second kappa shape index (κ2) is 20.4. The molecule has 62 heavy (non-hydrogen) atoms. The van der Waals surface area contributed by atoms with Crippen molar-refractivity contribution in [3.05, 3.63) is 144 Å². The second-order valence-electron chi connectivity index (χ2n) is 14.8. The molecule has 0 saturated carbocycles. The molecule has 1 N–H and O–H groups in total. The Morgan fingerprint density at radius 2 is 1.53 bits per heavy atom. The highest BCUT2D eigenvalue weighted by atomic mass is 31.2. The SMILES string of the molecule is [2H]C(OC(c1ccccc1)(c1ccc(OC)cc1)c1ccc(OC)cc1)[C@H]1O[C@@H](n2cnc3c(NC(=O)c4ccccc4)ncnc32)[C@H]([2H])[C@]1([2H])OP(OCCC#N)N(C(C)C)C(C)C. The maximum atomic E-state index is 13.2. The Hall–Kier alpha value is -5.78. The number of anilines is 1. The molecule has 2 unspecified atom stereocenters.